The molecule has 4 nitrogen and oxygen atoms in total. The van der Waals surface area contributed by atoms with Crippen molar-refractivity contribution in [3.8, 4) is 0 Å². The topological polar surface area (TPSA) is 46.9 Å². The molecule has 24 heavy (non-hydrogen) atoms. The van der Waals surface area contributed by atoms with Crippen LogP contribution in [0, 0.1) is 0 Å². The Morgan fingerprint density at radius 2 is 1.71 bits per heavy atom. The number of carbonyl (C=O) groups excluding carboxylic acids is 1. The highest BCUT2D eigenvalue weighted by Gasteiger charge is 2.34. The highest BCUT2D eigenvalue weighted by atomic mass is 19.4. The summed E-state index contributed by atoms with van der Waals surface area (Å²) in [6, 6.07) is 5.39. The zero-order valence-electron chi connectivity index (χ0n) is 11.9. The van der Waals surface area contributed by atoms with Crippen molar-refractivity contribution in [3.05, 3.63) is 53.3 Å². The van der Waals surface area contributed by atoms with E-state index < -0.39 is 42.6 Å². The zero-order chi connectivity index (χ0) is 18.0. The predicted octanol–water partition coefficient (Wildman–Crippen LogP) is 3.24. The lowest BCUT2D eigenvalue weighted by atomic mass is 10.1. The zero-order valence-corrected chi connectivity index (χ0v) is 11.9. The van der Waals surface area contributed by atoms with E-state index in [0.717, 1.165) is 16.9 Å². The van der Waals surface area contributed by atoms with Crippen LogP contribution in [0.4, 0.5) is 26.3 Å². The first kappa shape index (κ1) is 17.8. The number of hydrogen-bond acceptors (Lipinski definition) is 2. The molecule has 0 bridgehead atoms. The molecule has 1 amide bonds. The maximum atomic E-state index is 12.8. The Hall–Kier alpha value is -2.52. The first-order valence-electron chi connectivity index (χ1n) is 6.60. The number of rotatable bonds is 4. The van der Waals surface area contributed by atoms with Crippen LogP contribution in [0.5, 0.6) is 0 Å². The molecule has 2 rings (SSSR count). The van der Waals surface area contributed by atoms with Crippen LogP contribution in [0.15, 0.2) is 36.5 Å². The van der Waals surface area contributed by atoms with E-state index in [-0.39, 0.29) is 5.56 Å². The summed E-state index contributed by atoms with van der Waals surface area (Å²) in [5, 5.41) is 5.41. The second-order valence-electron chi connectivity index (χ2n) is 4.83. The quantitative estimate of drug-likeness (QED) is 0.860. The molecule has 0 radical (unpaired) electrons. The van der Waals surface area contributed by atoms with Crippen molar-refractivity contribution in [2.45, 2.75) is 25.4 Å². The molecule has 130 valence electrons. The Balaban J connectivity index is 1.98. The number of benzene rings is 1. The van der Waals surface area contributed by atoms with Gasteiger partial charge in [0.25, 0.3) is 0 Å². The molecule has 10 heteroatoms. The van der Waals surface area contributed by atoms with Crippen molar-refractivity contribution in [1.29, 1.82) is 0 Å². The molecule has 0 saturated carbocycles. The molecule has 0 atom stereocenters. The van der Waals surface area contributed by atoms with Gasteiger partial charge in [-0.1, -0.05) is 18.2 Å². The third kappa shape index (κ3) is 4.49. The highest BCUT2D eigenvalue weighted by Crippen LogP contribution is 2.31. The molecule has 0 aliphatic carbocycles. The third-order valence-electron chi connectivity index (χ3n) is 3.04. The van der Waals surface area contributed by atoms with E-state index >= 15 is 0 Å². The van der Waals surface area contributed by atoms with Crippen LogP contribution in [0.1, 0.15) is 16.8 Å². The fourth-order valence-electron chi connectivity index (χ4n) is 1.95. The lowest BCUT2D eigenvalue weighted by Gasteiger charge is -2.13. The van der Waals surface area contributed by atoms with Crippen molar-refractivity contribution in [3.63, 3.8) is 0 Å². The molecule has 0 fully saturated rings. The van der Waals surface area contributed by atoms with Gasteiger partial charge < -0.3 is 5.32 Å². The van der Waals surface area contributed by atoms with Gasteiger partial charge in [-0.05, 0) is 17.7 Å². The van der Waals surface area contributed by atoms with Crippen LogP contribution < -0.4 is 5.32 Å². The minimum Gasteiger partial charge on any atom is -0.350 e. The Bertz CT molecular complexity index is 720. The fourth-order valence-corrected chi connectivity index (χ4v) is 1.95. The van der Waals surface area contributed by atoms with E-state index in [1.54, 1.807) is 0 Å². The first-order valence-corrected chi connectivity index (χ1v) is 6.60. The summed E-state index contributed by atoms with van der Waals surface area (Å²) < 4.78 is 76.3. The number of aromatic nitrogens is 2. The molecule has 1 N–H and O–H groups in total. The number of nitrogens with one attached hydrogen (secondary N) is 1. The Kier molecular flexibility index (Phi) is 4.86. The lowest BCUT2D eigenvalue weighted by molar-refractivity contribution is -0.141. The second kappa shape index (κ2) is 6.54. The summed E-state index contributed by atoms with van der Waals surface area (Å²) in [6.07, 6.45) is -8.23. The number of nitrogens with zero attached hydrogens (tertiary/aromatic N) is 2. The molecule has 0 aliphatic heterocycles. The smallest absolute Gasteiger partial charge is 0.350 e. The van der Waals surface area contributed by atoms with Crippen molar-refractivity contribution >= 4 is 5.91 Å². The first-order chi connectivity index (χ1) is 11.1. The van der Waals surface area contributed by atoms with E-state index in [0.29, 0.717) is 6.07 Å². The molecule has 0 unspecified atom stereocenters. The monoisotopic (exact) mass is 351 g/mol. The molecule has 1 heterocycles. The van der Waals surface area contributed by atoms with Crippen molar-refractivity contribution < 1.29 is 31.1 Å². The summed E-state index contributed by atoms with van der Waals surface area (Å²) in [5.74, 6) is -0.760. The largest absolute Gasteiger partial charge is 0.435 e. The van der Waals surface area contributed by atoms with Crippen LogP contribution >= 0.6 is 0 Å². The summed E-state index contributed by atoms with van der Waals surface area (Å²) >= 11 is 0. The molecular weight excluding hydrogens is 340 g/mol. The van der Waals surface area contributed by atoms with Crippen molar-refractivity contribution in [2.24, 2.45) is 0 Å². The van der Waals surface area contributed by atoms with Crippen molar-refractivity contribution in [2.75, 3.05) is 0 Å². The summed E-state index contributed by atoms with van der Waals surface area (Å²) in [6.45, 7) is -0.938. The van der Waals surface area contributed by atoms with Gasteiger partial charge in [0.05, 0.1) is 5.56 Å². The van der Waals surface area contributed by atoms with Gasteiger partial charge in [0.1, 0.15) is 6.54 Å². The summed E-state index contributed by atoms with van der Waals surface area (Å²) in [5.41, 5.74) is -2.18. The van der Waals surface area contributed by atoms with Crippen molar-refractivity contribution in [1.82, 2.24) is 15.1 Å². The summed E-state index contributed by atoms with van der Waals surface area (Å²) in [7, 11) is 0. The lowest BCUT2D eigenvalue weighted by Crippen LogP contribution is -2.28. The molecular formula is C14H11F6N3O. The van der Waals surface area contributed by atoms with Gasteiger partial charge in [0, 0.05) is 12.7 Å². The number of amides is 1. The maximum absolute atomic E-state index is 12.8. The van der Waals surface area contributed by atoms with Crippen LogP contribution in [-0.4, -0.2) is 15.7 Å². The fraction of sp³-hybridized carbons (Fsp3) is 0.286. The van der Waals surface area contributed by atoms with Gasteiger partial charge >= 0.3 is 12.4 Å². The normalized spacial score (nSPS) is 12.2. The van der Waals surface area contributed by atoms with Gasteiger partial charge in [0.2, 0.25) is 5.91 Å². The van der Waals surface area contributed by atoms with E-state index in [1.807, 2.05) is 0 Å². The van der Waals surface area contributed by atoms with E-state index in [2.05, 4.69) is 10.4 Å². The molecule has 1 aromatic carbocycles. The van der Waals surface area contributed by atoms with Crippen LogP contribution in [0.2, 0.25) is 0 Å². The Labute approximate surface area is 132 Å². The minimum absolute atomic E-state index is 0.144. The van der Waals surface area contributed by atoms with Gasteiger partial charge in [-0.3, -0.25) is 9.48 Å². The predicted molar refractivity (Wildman–Crippen MR) is 70.5 cm³/mol. The number of carbonyl (C=O) groups is 1. The Morgan fingerprint density at radius 3 is 2.29 bits per heavy atom. The van der Waals surface area contributed by atoms with Gasteiger partial charge in [0.15, 0.2) is 5.69 Å². The second-order valence-corrected chi connectivity index (χ2v) is 4.83. The number of hydrogen-bond donors (Lipinski definition) is 1. The highest BCUT2D eigenvalue weighted by molar-refractivity contribution is 5.75. The van der Waals surface area contributed by atoms with Gasteiger partial charge in [-0.25, -0.2) is 0 Å². The average molecular weight is 351 g/mol. The maximum Gasteiger partial charge on any atom is 0.435 e. The minimum atomic E-state index is -4.63. The molecule has 2 aromatic rings. The van der Waals surface area contributed by atoms with E-state index in [1.165, 1.54) is 18.2 Å². The average Bonchev–Trinajstić information content (AvgIpc) is 2.93. The number of alkyl halides is 6. The van der Waals surface area contributed by atoms with E-state index in [9.17, 15) is 31.1 Å². The Morgan fingerprint density at radius 1 is 1.04 bits per heavy atom. The van der Waals surface area contributed by atoms with E-state index in [4.69, 9.17) is 0 Å². The molecule has 0 spiro atoms. The molecule has 1 aromatic heterocycles. The van der Waals surface area contributed by atoms with Crippen LogP contribution in [0.25, 0.3) is 0 Å². The molecule has 0 saturated heterocycles. The SMILES string of the molecule is O=C(Cn1ccc(C(F)(F)F)n1)NCc1ccccc1C(F)(F)F. The van der Waals surface area contributed by atoms with Gasteiger partial charge in [-0.15, -0.1) is 0 Å². The number of halogens is 6. The molecule has 0 aliphatic rings. The van der Waals surface area contributed by atoms with Crippen LogP contribution in [0.3, 0.4) is 0 Å². The third-order valence-corrected chi connectivity index (χ3v) is 3.04. The standard InChI is InChI=1S/C14H11F6N3O/c15-13(16,17)10-4-2-1-3-9(10)7-21-12(24)8-23-6-5-11(22-23)14(18,19)20/h1-6H,7-8H2,(H,21,24). The van der Waals surface area contributed by atoms with Gasteiger partial charge in [-0.2, -0.15) is 31.4 Å². The summed E-state index contributed by atoms with van der Waals surface area (Å²) in [4.78, 5) is 11.7. The van der Waals surface area contributed by atoms with Crippen LogP contribution in [-0.2, 0) is 30.2 Å².